The number of halogens is 3. The van der Waals surface area contributed by atoms with Crippen LogP contribution in [0.3, 0.4) is 0 Å². The lowest BCUT2D eigenvalue weighted by molar-refractivity contribution is -0.136. The van der Waals surface area contributed by atoms with Gasteiger partial charge >= 0.3 is 6.18 Å². The highest BCUT2D eigenvalue weighted by atomic mass is 19.4. The van der Waals surface area contributed by atoms with Crippen molar-refractivity contribution in [3.05, 3.63) is 47.4 Å². The molecule has 1 atom stereocenters. The number of H-pyrrole nitrogens is 1. The van der Waals surface area contributed by atoms with E-state index in [1.165, 1.54) is 0 Å². The van der Waals surface area contributed by atoms with Gasteiger partial charge in [-0.1, -0.05) is 12.1 Å². The molecular formula is C20H20F3N7. The maximum Gasteiger partial charge on any atom is 0.417 e. The summed E-state index contributed by atoms with van der Waals surface area (Å²) < 4.78 is 43.5. The van der Waals surface area contributed by atoms with Gasteiger partial charge in [0.1, 0.15) is 5.82 Å². The molecule has 1 aliphatic heterocycles. The van der Waals surface area contributed by atoms with E-state index in [1.807, 2.05) is 35.9 Å². The number of pyridine rings is 1. The average molecular weight is 415 g/mol. The first-order valence-corrected chi connectivity index (χ1v) is 9.75. The summed E-state index contributed by atoms with van der Waals surface area (Å²) in [4.78, 5) is 8.96. The van der Waals surface area contributed by atoms with Gasteiger partial charge in [0.25, 0.3) is 0 Å². The molecule has 3 aromatic heterocycles. The molecular weight excluding hydrogens is 395 g/mol. The van der Waals surface area contributed by atoms with Gasteiger partial charge in [-0.15, -0.1) is 0 Å². The van der Waals surface area contributed by atoms with E-state index in [-0.39, 0.29) is 29.4 Å². The summed E-state index contributed by atoms with van der Waals surface area (Å²) in [6.45, 7) is 1.01. The van der Waals surface area contributed by atoms with E-state index >= 15 is 0 Å². The number of aryl methyl sites for hydroxylation is 1. The molecule has 1 aliphatic rings. The summed E-state index contributed by atoms with van der Waals surface area (Å²) >= 11 is 0. The number of nitrogens with zero attached hydrogens (tertiary/aromatic N) is 4. The van der Waals surface area contributed by atoms with E-state index < -0.39 is 11.7 Å². The second-order valence-corrected chi connectivity index (χ2v) is 7.47. The minimum absolute atomic E-state index is 0.0528. The highest BCUT2D eigenvalue weighted by Gasteiger charge is 2.36. The third-order valence-electron chi connectivity index (χ3n) is 5.57. The van der Waals surface area contributed by atoms with Crippen LogP contribution >= 0.6 is 0 Å². The number of hydrogen-bond donors (Lipinski definition) is 3. The summed E-state index contributed by atoms with van der Waals surface area (Å²) in [7, 11) is 1.87. The summed E-state index contributed by atoms with van der Waals surface area (Å²) in [6, 6.07) is 8.62. The number of alkyl halides is 3. The molecule has 1 aromatic carbocycles. The van der Waals surface area contributed by atoms with Crippen molar-refractivity contribution in [1.82, 2.24) is 30.0 Å². The minimum Gasteiger partial charge on any atom is -0.361 e. The fourth-order valence-electron chi connectivity index (χ4n) is 4.03. The molecule has 1 unspecified atom stereocenters. The van der Waals surface area contributed by atoms with Crippen LogP contribution in [0.1, 0.15) is 36.0 Å². The van der Waals surface area contributed by atoms with Gasteiger partial charge in [0.15, 0.2) is 11.5 Å². The SMILES string of the molecule is Cn1c(CNc2n[nH]c3nc(C4CCCN4)cc(C(F)(F)F)c23)nc2ccccc21. The third kappa shape index (κ3) is 3.17. The quantitative estimate of drug-likeness (QED) is 0.471. The molecule has 3 N–H and O–H groups in total. The van der Waals surface area contributed by atoms with Gasteiger partial charge in [-0.25, -0.2) is 9.97 Å². The number of aromatic nitrogens is 5. The first-order valence-electron chi connectivity index (χ1n) is 9.75. The Bertz CT molecular complexity index is 1220. The summed E-state index contributed by atoms with van der Waals surface area (Å²) in [6.07, 6.45) is -2.84. The zero-order chi connectivity index (χ0) is 20.9. The van der Waals surface area contributed by atoms with Crippen LogP contribution in [0.4, 0.5) is 19.0 Å². The minimum atomic E-state index is -4.52. The van der Waals surface area contributed by atoms with Crippen molar-refractivity contribution in [1.29, 1.82) is 0 Å². The number of rotatable bonds is 4. The molecule has 30 heavy (non-hydrogen) atoms. The van der Waals surface area contributed by atoms with Crippen LogP contribution in [-0.4, -0.2) is 31.3 Å². The molecule has 7 nitrogen and oxygen atoms in total. The van der Waals surface area contributed by atoms with Crippen LogP contribution in [0.25, 0.3) is 22.1 Å². The number of benzene rings is 1. The molecule has 4 aromatic rings. The summed E-state index contributed by atoms with van der Waals surface area (Å²) in [5.74, 6) is 0.809. The van der Waals surface area contributed by atoms with Crippen molar-refractivity contribution < 1.29 is 13.2 Å². The monoisotopic (exact) mass is 415 g/mol. The molecule has 0 saturated carbocycles. The van der Waals surface area contributed by atoms with Crippen molar-refractivity contribution in [2.24, 2.45) is 7.05 Å². The number of imidazole rings is 1. The van der Waals surface area contributed by atoms with E-state index in [0.29, 0.717) is 11.5 Å². The zero-order valence-electron chi connectivity index (χ0n) is 16.2. The normalized spacial score (nSPS) is 17.3. The molecule has 0 amide bonds. The maximum atomic E-state index is 13.9. The summed E-state index contributed by atoms with van der Waals surface area (Å²) in [5.41, 5.74) is 1.55. The number of para-hydroxylation sites is 2. The van der Waals surface area contributed by atoms with Gasteiger partial charge in [0.2, 0.25) is 0 Å². The Labute approximate surface area is 169 Å². The average Bonchev–Trinajstić information content (AvgIpc) is 3.45. The second-order valence-electron chi connectivity index (χ2n) is 7.47. The molecule has 1 fully saturated rings. The molecule has 1 saturated heterocycles. The second kappa shape index (κ2) is 6.98. The number of fused-ring (bicyclic) bond motifs is 2. The fraction of sp³-hybridized carbons (Fsp3) is 0.350. The Hall–Kier alpha value is -3.14. The van der Waals surface area contributed by atoms with Gasteiger partial charge in [-0.2, -0.15) is 18.3 Å². The molecule has 156 valence electrons. The highest BCUT2D eigenvalue weighted by Crippen LogP contribution is 2.39. The molecule has 10 heteroatoms. The van der Waals surface area contributed by atoms with Crippen LogP contribution in [0.5, 0.6) is 0 Å². The highest BCUT2D eigenvalue weighted by molar-refractivity contribution is 5.91. The first-order chi connectivity index (χ1) is 14.4. The molecule has 4 heterocycles. The van der Waals surface area contributed by atoms with E-state index in [4.69, 9.17) is 0 Å². The van der Waals surface area contributed by atoms with Crippen LogP contribution in [-0.2, 0) is 19.8 Å². The van der Waals surface area contributed by atoms with E-state index in [1.54, 1.807) is 0 Å². The molecule has 0 spiro atoms. The van der Waals surface area contributed by atoms with Crippen molar-refractivity contribution >= 4 is 27.9 Å². The summed E-state index contributed by atoms with van der Waals surface area (Å²) in [5, 5.41) is 12.9. The number of nitrogens with one attached hydrogen (secondary N) is 3. The Kier molecular flexibility index (Phi) is 4.39. The molecule has 5 rings (SSSR count). The third-order valence-corrected chi connectivity index (χ3v) is 5.57. The van der Waals surface area contributed by atoms with E-state index in [9.17, 15) is 13.2 Å². The number of aromatic amines is 1. The van der Waals surface area contributed by atoms with E-state index in [2.05, 4.69) is 30.8 Å². The van der Waals surface area contributed by atoms with Crippen molar-refractivity contribution in [2.45, 2.75) is 31.6 Å². The standard InChI is InChI=1S/C20H20F3N7/c1-30-15-7-3-2-5-13(15)26-16(30)10-25-18-17-11(20(21,22)23)9-14(12-6-4-8-24-12)27-19(17)29-28-18/h2-3,5,7,9,12,24H,4,6,8,10H2,1H3,(H2,25,27,28,29). The Morgan fingerprint density at radius 2 is 2.07 bits per heavy atom. The maximum absolute atomic E-state index is 13.9. The Morgan fingerprint density at radius 3 is 2.80 bits per heavy atom. The van der Waals surface area contributed by atoms with Crippen molar-refractivity contribution in [3.63, 3.8) is 0 Å². The van der Waals surface area contributed by atoms with Gasteiger partial charge < -0.3 is 15.2 Å². The lowest BCUT2D eigenvalue weighted by Crippen LogP contribution is -2.16. The van der Waals surface area contributed by atoms with Crippen molar-refractivity contribution in [3.8, 4) is 0 Å². The van der Waals surface area contributed by atoms with Crippen LogP contribution in [0.15, 0.2) is 30.3 Å². The topological polar surface area (TPSA) is 83.5 Å². The molecule has 0 radical (unpaired) electrons. The van der Waals surface area contributed by atoms with Crippen LogP contribution < -0.4 is 10.6 Å². The van der Waals surface area contributed by atoms with Gasteiger partial charge in [0, 0.05) is 13.1 Å². The van der Waals surface area contributed by atoms with Crippen LogP contribution in [0, 0.1) is 0 Å². The van der Waals surface area contributed by atoms with Gasteiger partial charge in [-0.05, 0) is 37.6 Å². The smallest absolute Gasteiger partial charge is 0.361 e. The fourth-order valence-corrected chi connectivity index (χ4v) is 4.03. The predicted molar refractivity (Wildman–Crippen MR) is 107 cm³/mol. The van der Waals surface area contributed by atoms with Crippen molar-refractivity contribution in [2.75, 3.05) is 11.9 Å². The van der Waals surface area contributed by atoms with Crippen LogP contribution in [0.2, 0.25) is 0 Å². The van der Waals surface area contributed by atoms with Gasteiger partial charge in [-0.3, -0.25) is 5.10 Å². The Balaban J connectivity index is 1.52. The largest absolute Gasteiger partial charge is 0.417 e. The molecule has 0 bridgehead atoms. The first kappa shape index (κ1) is 18.9. The Morgan fingerprint density at radius 1 is 1.23 bits per heavy atom. The lowest BCUT2D eigenvalue weighted by atomic mass is 10.1. The molecule has 0 aliphatic carbocycles. The lowest BCUT2D eigenvalue weighted by Gasteiger charge is -2.15. The predicted octanol–water partition coefficient (Wildman–Crippen LogP) is 3.90. The number of hydrogen-bond acceptors (Lipinski definition) is 5. The van der Waals surface area contributed by atoms with Gasteiger partial charge in [0.05, 0.1) is 34.2 Å². The number of anilines is 1. The zero-order valence-corrected chi connectivity index (χ0v) is 16.2. The van der Waals surface area contributed by atoms with E-state index in [0.717, 1.165) is 36.5 Å².